The molecule has 0 amide bonds. The van der Waals surface area contributed by atoms with Crippen LogP contribution < -0.4 is 5.73 Å². The molecule has 0 radical (unpaired) electrons. The Morgan fingerprint density at radius 3 is 2.23 bits per heavy atom. The molecule has 0 unspecified atom stereocenters. The summed E-state index contributed by atoms with van der Waals surface area (Å²) in [4.78, 5) is 0. The normalized spacial score (nSPS) is 12.8. The van der Waals surface area contributed by atoms with E-state index in [1.807, 2.05) is 0 Å². The minimum Gasteiger partial charge on any atom is -0.402 e. The highest BCUT2D eigenvalue weighted by molar-refractivity contribution is 4.93. The number of unbranched alkanes of at least 4 members (excludes halogenated alkanes) is 3. The molecule has 0 rings (SSSR count). The van der Waals surface area contributed by atoms with Crippen LogP contribution in [0, 0.1) is 5.92 Å². The minimum absolute atomic E-state index is 0.571. The van der Waals surface area contributed by atoms with Crippen molar-refractivity contribution < 1.29 is 0 Å². The molecular formula is C12H25N. The van der Waals surface area contributed by atoms with Crippen LogP contribution >= 0.6 is 0 Å². The summed E-state index contributed by atoms with van der Waals surface area (Å²) in [6, 6.07) is 0. The van der Waals surface area contributed by atoms with Gasteiger partial charge in [-0.15, -0.1) is 0 Å². The average Bonchev–Trinajstić information content (AvgIpc) is 2.10. The van der Waals surface area contributed by atoms with E-state index in [0.717, 1.165) is 5.70 Å². The van der Waals surface area contributed by atoms with Crippen molar-refractivity contribution in [2.75, 3.05) is 0 Å². The molecule has 2 N–H and O–H groups in total. The van der Waals surface area contributed by atoms with Crippen LogP contribution in [0.1, 0.15) is 58.8 Å². The van der Waals surface area contributed by atoms with E-state index < -0.39 is 0 Å². The summed E-state index contributed by atoms with van der Waals surface area (Å²) in [6.45, 7) is 8.30. The average molecular weight is 183 g/mol. The third-order valence-electron chi connectivity index (χ3n) is 2.57. The second-order valence-electron chi connectivity index (χ2n) is 3.91. The first kappa shape index (κ1) is 12.5. The Balaban J connectivity index is 3.51. The molecule has 0 aromatic carbocycles. The molecule has 78 valence electrons. The van der Waals surface area contributed by atoms with E-state index in [2.05, 4.69) is 20.4 Å². The minimum atomic E-state index is 0.571. The summed E-state index contributed by atoms with van der Waals surface area (Å²) in [5.41, 5.74) is 6.63. The Labute approximate surface area is 83.4 Å². The van der Waals surface area contributed by atoms with Gasteiger partial charge in [0.25, 0.3) is 0 Å². The summed E-state index contributed by atoms with van der Waals surface area (Å²) in [5, 5.41) is 0. The second-order valence-corrected chi connectivity index (χ2v) is 3.91. The van der Waals surface area contributed by atoms with Crippen molar-refractivity contribution in [3.63, 3.8) is 0 Å². The first-order valence-electron chi connectivity index (χ1n) is 5.66. The van der Waals surface area contributed by atoms with Gasteiger partial charge in [0.1, 0.15) is 0 Å². The monoisotopic (exact) mass is 183 g/mol. The smallest absolute Gasteiger partial charge is 0.00390 e. The van der Waals surface area contributed by atoms with Gasteiger partial charge in [0.05, 0.1) is 0 Å². The molecule has 0 spiro atoms. The predicted molar refractivity (Wildman–Crippen MR) is 60.5 cm³/mol. The van der Waals surface area contributed by atoms with Crippen LogP contribution in [0.15, 0.2) is 12.3 Å². The molecule has 0 aliphatic carbocycles. The van der Waals surface area contributed by atoms with Crippen molar-refractivity contribution in [2.45, 2.75) is 58.8 Å². The van der Waals surface area contributed by atoms with Gasteiger partial charge in [-0.1, -0.05) is 52.5 Å². The van der Waals surface area contributed by atoms with E-state index in [1.165, 1.54) is 44.9 Å². The summed E-state index contributed by atoms with van der Waals surface area (Å²) in [5.74, 6) is 0.571. The molecule has 0 saturated heterocycles. The largest absolute Gasteiger partial charge is 0.402 e. The third-order valence-corrected chi connectivity index (χ3v) is 2.57. The second kappa shape index (κ2) is 8.15. The lowest BCUT2D eigenvalue weighted by Gasteiger charge is -2.15. The highest BCUT2D eigenvalue weighted by atomic mass is 14.6. The quantitative estimate of drug-likeness (QED) is 0.568. The molecule has 0 bridgehead atoms. The Hall–Kier alpha value is -0.460. The first-order valence-corrected chi connectivity index (χ1v) is 5.66. The van der Waals surface area contributed by atoms with E-state index in [4.69, 9.17) is 5.73 Å². The van der Waals surface area contributed by atoms with Gasteiger partial charge in [-0.05, 0) is 18.8 Å². The molecule has 0 aromatic heterocycles. The number of rotatable bonds is 8. The summed E-state index contributed by atoms with van der Waals surface area (Å²) < 4.78 is 0. The van der Waals surface area contributed by atoms with E-state index in [0.29, 0.717) is 5.92 Å². The maximum atomic E-state index is 5.74. The molecule has 0 saturated carbocycles. The zero-order valence-electron chi connectivity index (χ0n) is 9.31. The van der Waals surface area contributed by atoms with Gasteiger partial charge in [0, 0.05) is 5.70 Å². The van der Waals surface area contributed by atoms with Gasteiger partial charge in [-0.25, -0.2) is 0 Å². The lowest BCUT2D eigenvalue weighted by molar-refractivity contribution is 0.473. The van der Waals surface area contributed by atoms with Gasteiger partial charge in [-0.2, -0.15) is 0 Å². The summed E-state index contributed by atoms with van der Waals surface area (Å²) >= 11 is 0. The Kier molecular flexibility index (Phi) is 7.86. The Bertz CT molecular complexity index is 129. The van der Waals surface area contributed by atoms with E-state index in [1.54, 1.807) is 0 Å². The fourth-order valence-corrected chi connectivity index (χ4v) is 1.68. The molecule has 0 heterocycles. The van der Waals surface area contributed by atoms with Gasteiger partial charge in [0.2, 0.25) is 0 Å². The van der Waals surface area contributed by atoms with E-state index >= 15 is 0 Å². The highest BCUT2D eigenvalue weighted by Crippen LogP contribution is 2.19. The van der Waals surface area contributed by atoms with Gasteiger partial charge >= 0.3 is 0 Å². The number of allylic oxidation sites excluding steroid dienone is 1. The van der Waals surface area contributed by atoms with Gasteiger partial charge in [0.15, 0.2) is 0 Å². The van der Waals surface area contributed by atoms with Crippen LogP contribution in [-0.4, -0.2) is 0 Å². The van der Waals surface area contributed by atoms with Gasteiger partial charge < -0.3 is 5.73 Å². The van der Waals surface area contributed by atoms with Crippen molar-refractivity contribution in [3.8, 4) is 0 Å². The zero-order chi connectivity index (χ0) is 10.1. The number of hydrogen-bond acceptors (Lipinski definition) is 1. The maximum absolute atomic E-state index is 5.74. The highest BCUT2D eigenvalue weighted by Gasteiger charge is 2.07. The van der Waals surface area contributed by atoms with Gasteiger partial charge in [-0.3, -0.25) is 0 Å². The molecule has 0 aliphatic heterocycles. The molecular weight excluding hydrogens is 158 g/mol. The van der Waals surface area contributed by atoms with Crippen LogP contribution in [0.5, 0.6) is 0 Å². The van der Waals surface area contributed by atoms with Crippen LogP contribution in [0.25, 0.3) is 0 Å². The molecule has 0 fully saturated rings. The van der Waals surface area contributed by atoms with Crippen molar-refractivity contribution in [3.05, 3.63) is 12.3 Å². The number of nitrogens with two attached hydrogens (primary N) is 1. The SMILES string of the molecule is C=C(N)[C@H](CCC)CCCCCC. The van der Waals surface area contributed by atoms with Crippen LogP contribution in [0.4, 0.5) is 0 Å². The topological polar surface area (TPSA) is 26.0 Å². The molecule has 1 nitrogen and oxygen atoms in total. The van der Waals surface area contributed by atoms with Crippen LogP contribution in [-0.2, 0) is 0 Å². The summed E-state index contributed by atoms with van der Waals surface area (Å²) in [7, 11) is 0. The standard InChI is InChI=1S/C12H25N/c1-4-6-7-8-10-12(9-5-2)11(3)13/h12H,3-10,13H2,1-2H3/t12-/m1/s1. The molecule has 0 aromatic rings. The maximum Gasteiger partial charge on any atom is 0.00390 e. The van der Waals surface area contributed by atoms with Crippen molar-refractivity contribution >= 4 is 0 Å². The fraction of sp³-hybridized carbons (Fsp3) is 0.833. The fourth-order valence-electron chi connectivity index (χ4n) is 1.68. The zero-order valence-corrected chi connectivity index (χ0v) is 9.31. The van der Waals surface area contributed by atoms with Crippen molar-refractivity contribution in [1.82, 2.24) is 0 Å². The first-order chi connectivity index (χ1) is 6.22. The van der Waals surface area contributed by atoms with E-state index in [-0.39, 0.29) is 0 Å². The molecule has 1 atom stereocenters. The van der Waals surface area contributed by atoms with Crippen molar-refractivity contribution in [2.24, 2.45) is 11.7 Å². The Morgan fingerprint density at radius 2 is 1.77 bits per heavy atom. The summed E-state index contributed by atoms with van der Waals surface area (Å²) in [6.07, 6.45) is 9.00. The Morgan fingerprint density at radius 1 is 1.08 bits per heavy atom. The lowest BCUT2D eigenvalue weighted by atomic mass is 9.94. The molecule has 1 heteroatoms. The van der Waals surface area contributed by atoms with Crippen molar-refractivity contribution in [1.29, 1.82) is 0 Å². The molecule has 13 heavy (non-hydrogen) atoms. The van der Waals surface area contributed by atoms with E-state index in [9.17, 15) is 0 Å². The molecule has 0 aliphatic rings. The van der Waals surface area contributed by atoms with Crippen LogP contribution in [0.3, 0.4) is 0 Å². The lowest BCUT2D eigenvalue weighted by Crippen LogP contribution is -2.10. The predicted octanol–water partition coefficient (Wildman–Crippen LogP) is 3.85. The third kappa shape index (κ3) is 6.68. The van der Waals surface area contributed by atoms with Crippen LogP contribution in [0.2, 0.25) is 0 Å². The number of hydrogen-bond donors (Lipinski definition) is 1.